The number of non-ortho nitro benzene ring substituents is 1. The second kappa shape index (κ2) is 9.32. The van der Waals surface area contributed by atoms with Crippen LogP contribution < -0.4 is 5.43 Å². The van der Waals surface area contributed by atoms with Gasteiger partial charge in [-0.15, -0.1) is 10.2 Å². The van der Waals surface area contributed by atoms with Gasteiger partial charge in [0.1, 0.15) is 0 Å². The summed E-state index contributed by atoms with van der Waals surface area (Å²) < 4.78 is 5.83. The highest BCUT2D eigenvalue weighted by atomic mass is 16.6. The van der Waals surface area contributed by atoms with Gasteiger partial charge in [0.25, 0.3) is 11.6 Å². The Morgan fingerprint density at radius 1 is 0.943 bits per heavy atom. The number of carbonyl (C=O) groups excluding carboxylic acids is 1. The molecule has 0 fully saturated rings. The number of nitro groups is 1. The fourth-order valence-corrected chi connectivity index (χ4v) is 3.38. The summed E-state index contributed by atoms with van der Waals surface area (Å²) in [5.74, 6) is 0.263. The van der Waals surface area contributed by atoms with E-state index in [1.165, 1.54) is 18.3 Å². The number of benzene rings is 3. The molecule has 5 aromatic rings. The number of hydrazone groups is 1. The Balaban J connectivity index is 1.26. The van der Waals surface area contributed by atoms with Crippen molar-refractivity contribution < 1.29 is 14.1 Å². The van der Waals surface area contributed by atoms with Crippen LogP contribution in [0.3, 0.4) is 0 Å². The van der Waals surface area contributed by atoms with Crippen LogP contribution in [0.4, 0.5) is 5.69 Å². The molecule has 0 aliphatic rings. The van der Waals surface area contributed by atoms with E-state index in [1.54, 1.807) is 42.6 Å². The molecule has 0 bridgehead atoms. The maximum atomic E-state index is 12.4. The van der Waals surface area contributed by atoms with Gasteiger partial charge in [0.05, 0.1) is 16.7 Å². The summed E-state index contributed by atoms with van der Waals surface area (Å²) in [6.45, 7) is 0. The number of aromatic nitrogens is 3. The fraction of sp³-hybridized carbons (Fsp3) is 0. The Kier molecular flexibility index (Phi) is 5.75. The van der Waals surface area contributed by atoms with Crippen LogP contribution in [0.1, 0.15) is 15.9 Å². The molecule has 170 valence electrons. The molecule has 0 atom stereocenters. The summed E-state index contributed by atoms with van der Waals surface area (Å²) >= 11 is 0. The second-order valence-electron chi connectivity index (χ2n) is 7.45. The lowest BCUT2D eigenvalue weighted by Gasteiger charge is -2.01. The molecule has 0 saturated carbocycles. The first-order valence-electron chi connectivity index (χ1n) is 10.4. The highest BCUT2D eigenvalue weighted by Gasteiger charge is 2.12. The Labute approximate surface area is 198 Å². The van der Waals surface area contributed by atoms with Gasteiger partial charge in [-0.05, 0) is 48.5 Å². The molecular formula is C25H16N6O4. The molecule has 0 saturated heterocycles. The van der Waals surface area contributed by atoms with Gasteiger partial charge in [-0.2, -0.15) is 5.10 Å². The number of nitro benzene ring substituents is 1. The molecule has 10 nitrogen and oxygen atoms in total. The van der Waals surface area contributed by atoms with Crippen molar-refractivity contribution >= 4 is 28.7 Å². The maximum absolute atomic E-state index is 12.4. The second-order valence-corrected chi connectivity index (χ2v) is 7.45. The molecule has 3 aromatic carbocycles. The SMILES string of the molecule is O=C(N/N=C/c1cccc([N+](=O)[O-])c1)c1ccc(-c2nnc(-c3ccc4ncccc4c3)o2)cc1. The maximum Gasteiger partial charge on any atom is 0.271 e. The molecule has 10 heteroatoms. The Morgan fingerprint density at radius 3 is 2.51 bits per heavy atom. The summed E-state index contributed by atoms with van der Waals surface area (Å²) in [5, 5.41) is 23.9. The van der Waals surface area contributed by atoms with Gasteiger partial charge in [0.15, 0.2) is 0 Å². The summed E-state index contributed by atoms with van der Waals surface area (Å²) in [6.07, 6.45) is 3.07. The van der Waals surface area contributed by atoms with Crippen molar-refractivity contribution in [2.24, 2.45) is 5.10 Å². The first kappa shape index (κ1) is 21.6. The third-order valence-corrected chi connectivity index (χ3v) is 5.13. The summed E-state index contributed by atoms with van der Waals surface area (Å²) in [5.41, 5.74) is 5.51. The van der Waals surface area contributed by atoms with Crippen LogP contribution in [0.25, 0.3) is 33.8 Å². The number of nitrogens with zero attached hydrogens (tertiary/aromatic N) is 5. The van der Waals surface area contributed by atoms with Crippen LogP contribution in [-0.2, 0) is 0 Å². The number of hydrogen-bond donors (Lipinski definition) is 1. The van der Waals surface area contributed by atoms with E-state index in [2.05, 4.69) is 25.7 Å². The summed E-state index contributed by atoms with van der Waals surface area (Å²) in [6, 6.07) is 22.0. The zero-order valence-corrected chi connectivity index (χ0v) is 18.0. The Bertz CT molecular complexity index is 1580. The van der Waals surface area contributed by atoms with Crippen LogP contribution in [0.15, 0.2) is 94.6 Å². The third kappa shape index (κ3) is 4.76. The van der Waals surface area contributed by atoms with E-state index in [0.29, 0.717) is 28.5 Å². The standard InChI is InChI=1S/C25H16N6O4/c32-23(28-27-15-16-3-1-5-21(13-16)31(33)34)17-6-8-18(9-7-17)24-29-30-25(35-24)20-10-11-22-19(14-20)4-2-12-26-22/h1-15H,(H,28,32)/b27-15+. The number of nitrogens with one attached hydrogen (secondary N) is 1. The molecular weight excluding hydrogens is 448 g/mol. The van der Waals surface area contributed by atoms with Gasteiger partial charge in [-0.3, -0.25) is 19.9 Å². The van der Waals surface area contributed by atoms with Crippen LogP contribution >= 0.6 is 0 Å². The lowest BCUT2D eigenvalue weighted by Crippen LogP contribution is -2.17. The topological polar surface area (TPSA) is 136 Å². The third-order valence-electron chi connectivity index (χ3n) is 5.13. The zero-order valence-electron chi connectivity index (χ0n) is 18.0. The van der Waals surface area contributed by atoms with Crippen molar-refractivity contribution in [3.05, 3.63) is 106 Å². The Morgan fingerprint density at radius 2 is 1.71 bits per heavy atom. The molecule has 2 aromatic heterocycles. The van der Waals surface area contributed by atoms with Crippen molar-refractivity contribution in [1.82, 2.24) is 20.6 Å². The number of amides is 1. The number of hydrogen-bond acceptors (Lipinski definition) is 8. The number of carbonyl (C=O) groups is 1. The molecule has 0 spiro atoms. The van der Waals surface area contributed by atoms with Gasteiger partial charge in [-0.25, -0.2) is 5.43 Å². The largest absolute Gasteiger partial charge is 0.416 e. The van der Waals surface area contributed by atoms with Gasteiger partial charge in [-0.1, -0.05) is 18.2 Å². The molecule has 1 amide bonds. The highest BCUT2D eigenvalue weighted by molar-refractivity contribution is 5.95. The van der Waals surface area contributed by atoms with Gasteiger partial charge in [0, 0.05) is 46.0 Å². The average molecular weight is 464 g/mol. The minimum atomic E-state index is -0.497. The highest BCUT2D eigenvalue weighted by Crippen LogP contribution is 2.26. The molecule has 0 aliphatic heterocycles. The van der Waals surface area contributed by atoms with E-state index in [0.717, 1.165) is 16.5 Å². The van der Waals surface area contributed by atoms with Crippen LogP contribution in [-0.4, -0.2) is 32.2 Å². The quantitative estimate of drug-likeness (QED) is 0.220. The van der Waals surface area contributed by atoms with Gasteiger partial charge < -0.3 is 4.42 Å². The molecule has 1 N–H and O–H groups in total. The first-order valence-corrected chi connectivity index (χ1v) is 10.4. The van der Waals surface area contributed by atoms with E-state index in [-0.39, 0.29) is 5.69 Å². The first-order chi connectivity index (χ1) is 17.1. The van der Waals surface area contributed by atoms with Crippen molar-refractivity contribution in [1.29, 1.82) is 0 Å². The minimum absolute atomic E-state index is 0.0577. The van der Waals surface area contributed by atoms with Crippen molar-refractivity contribution in [2.45, 2.75) is 0 Å². The van der Waals surface area contributed by atoms with E-state index < -0.39 is 10.8 Å². The van der Waals surface area contributed by atoms with E-state index in [4.69, 9.17) is 4.42 Å². The van der Waals surface area contributed by atoms with E-state index >= 15 is 0 Å². The monoisotopic (exact) mass is 464 g/mol. The van der Waals surface area contributed by atoms with Gasteiger partial charge in [0.2, 0.25) is 11.8 Å². The van der Waals surface area contributed by atoms with Gasteiger partial charge >= 0.3 is 0 Å². The van der Waals surface area contributed by atoms with Crippen molar-refractivity contribution in [2.75, 3.05) is 0 Å². The predicted octanol–water partition coefficient (Wildman–Crippen LogP) is 4.62. The lowest BCUT2D eigenvalue weighted by atomic mass is 10.1. The van der Waals surface area contributed by atoms with Crippen LogP contribution in [0.2, 0.25) is 0 Å². The summed E-state index contributed by atoms with van der Waals surface area (Å²) in [4.78, 5) is 27.0. The molecule has 35 heavy (non-hydrogen) atoms. The van der Waals surface area contributed by atoms with E-state index in [9.17, 15) is 14.9 Å². The number of rotatable bonds is 6. The van der Waals surface area contributed by atoms with Crippen LogP contribution in [0, 0.1) is 10.1 Å². The normalized spacial score (nSPS) is 11.1. The van der Waals surface area contributed by atoms with Crippen molar-refractivity contribution in [3.8, 4) is 22.9 Å². The van der Waals surface area contributed by atoms with E-state index in [1.807, 2.05) is 30.3 Å². The molecule has 0 unspecified atom stereocenters. The Hall–Kier alpha value is -5.25. The lowest BCUT2D eigenvalue weighted by molar-refractivity contribution is -0.384. The molecule has 5 rings (SSSR count). The molecule has 2 heterocycles. The fourth-order valence-electron chi connectivity index (χ4n) is 3.38. The van der Waals surface area contributed by atoms with Crippen LogP contribution in [0.5, 0.6) is 0 Å². The van der Waals surface area contributed by atoms with Crippen molar-refractivity contribution in [3.63, 3.8) is 0 Å². The minimum Gasteiger partial charge on any atom is -0.416 e. The average Bonchev–Trinajstić information content (AvgIpc) is 3.39. The summed E-state index contributed by atoms with van der Waals surface area (Å²) in [7, 11) is 0. The number of pyridine rings is 1. The predicted molar refractivity (Wildman–Crippen MR) is 129 cm³/mol. The zero-order chi connectivity index (χ0) is 24.2. The molecule has 0 radical (unpaired) electrons. The number of fused-ring (bicyclic) bond motifs is 1. The smallest absolute Gasteiger partial charge is 0.271 e. The molecule has 0 aliphatic carbocycles.